The molecule has 0 bridgehead atoms. The number of aryl methyl sites for hydroxylation is 2. The third kappa shape index (κ3) is 5.11. The summed E-state index contributed by atoms with van der Waals surface area (Å²) in [5, 5.41) is 4.52. The molecule has 29 heavy (non-hydrogen) atoms. The van der Waals surface area contributed by atoms with Gasteiger partial charge in [0.1, 0.15) is 11.6 Å². The minimum Gasteiger partial charge on any atom is -0.466 e. The molecule has 0 aliphatic carbocycles. The molecular weight excluding hydrogens is 362 g/mol. The number of nitrogens with zero attached hydrogens (tertiary/aromatic N) is 2. The largest absolute Gasteiger partial charge is 0.466 e. The summed E-state index contributed by atoms with van der Waals surface area (Å²) < 4.78 is 5.10. The minimum absolute atomic E-state index is 0.0572. The van der Waals surface area contributed by atoms with E-state index in [9.17, 15) is 4.79 Å². The Bertz CT molecular complexity index is 1020. The maximum atomic E-state index is 11.9. The van der Waals surface area contributed by atoms with Crippen molar-refractivity contribution in [2.75, 3.05) is 11.9 Å². The van der Waals surface area contributed by atoms with Gasteiger partial charge in [-0.25, -0.2) is 9.97 Å². The Balaban J connectivity index is 1.92. The Morgan fingerprint density at radius 1 is 1.07 bits per heavy atom. The van der Waals surface area contributed by atoms with Crippen molar-refractivity contribution in [3.63, 3.8) is 0 Å². The molecule has 1 N–H and O–H groups in total. The van der Waals surface area contributed by atoms with E-state index >= 15 is 0 Å². The molecule has 2 atom stereocenters. The van der Waals surface area contributed by atoms with Crippen molar-refractivity contribution in [1.82, 2.24) is 9.97 Å². The number of carbonyl (C=O) groups is 1. The fourth-order valence-electron chi connectivity index (χ4n) is 3.49. The first-order valence-corrected chi connectivity index (χ1v) is 10.1. The van der Waals surface area contributed by atoms with E-state index in [0.717, 1.165) is 28.1 Å². The van der Waals surface area contributed by atoms with Gasteiger partial charge in [-0.3, -0.25) is 4.79 Å². The van der Waals surface area contributed by atoms with E-state index in [1.165, 1.54) is 11.1 Å². The van der Waals surface area contributed by atoms with E-state index in [-0.39, 0.29) is 17.9 Å². The van der Waals surface area contributed by atoms with Gasteiger partial charge in [-0.15, -0.1) is 0 Å². The minimum atomic E-state index is -0.174. The number of fused-ring (bicyclic) bond motifs is 1. The lowest BCUT2D eigenvalue weighted by Crippen LogP contribution is -2.10. The lowest BCUT2D eigenvalue weighted by Gasteiger charge is -2.18. The first-order valence-electron chi connectivity index (χ1n) is 10.1. The highest BCUT2D eigenvalue weighted by atomic mass is 16.5. The number of carbonyl (C=O) groups excluding carboxylic acids is 1. The number of esters is 1. The zero-order chi connectivity index (χ0) is 21.0. The molecule has 0 amide bonds. The maximum Gasteiger partial charge on any atom is 0.306 e. The maximum absolute atomic E-state index is 11.9. The van der Waals surface area contributed by atoms with Gasteiger partial charge in [0.15, 0.2) is 0 Å². The fraction of sp³-hybridized carbons (Fsp3) is 0.375. The Hall–Kier alpha value is -2.95. The number of hydrogen-bond acceptors (Lipinski definition) is 5. The number of ether oxygens (including phenoxy) is 1. The van der Waals surface area contributed by atoms with Crippen molar-refractivity contribution in [2.45, 2.75) is 53.0 Å². The van der Waals surface area contributed by atoms with Crippen LogP contribution in [-0.4, -0.2) is 22.5 Å². The highest BCUT2D eigenvalue weighted by Gasteiger charge is 2.16. The molecule has 2 aromatic carbocycles. The molecule has 5 nitrogen and oxygen atoms in total. The van der Waals surface area contributed by atoms with E-state index in [2.05, 4.69) is 59.5 Å². The monoisotopic (exact) mass is 391 g/mol. The zero-order valence-electron chi connectivity index (χ0n) is 17.8. The van der Waals surface area contributed by atoms with Gasteiger partial charge in [-0.05, 0) is 56.9 Å². The van der Waals surface area contributed by atoms with Crippen LogP contribution in [-0.2, 0) is 9.53 Å². The van der Waals surface area contributed by atoms with Crippen molar-refractivity contribution < 1.29 is 9.53 Å². The van der Waals surface area contributed by atoms with Crippen LogP contribution in [0.5, 0.6) is 0 Å². The molecule has 1 aromatic heterocycles. The average molecular weight is 392 g/mol. The van der Waals surface area contributed by atoms with Gasteiger partial charge in [0.2, 0.25) is 0 Å². The predicted octanol–water partition coefficient (Wildman–Crippen LogP) is 5.48. The van der Waals surface area contributed by atoms with Crippen LogP contribution in [0.1, 0.15) is 61.7 Å². The van der Waals surface area contributed by atoms with Gasteiger partial charge < -0.3 is 10.1 Å². The van der Waals surface area contributed by atoms with Crippen LogP contribution in [0.2, 0.25) is 0 Å². The fourth-order valence-corrected chi connectivity index (χ4v) is 3.49. The summed E-state index contributed by atoms with van der Waals surface area (Å²) in [5.41, 5.74) is 4.41. The topological polar surface area (TPSA) is 64.1 Å². The Labute approximate surface area is 172 Å². The van der Waals surface area contributed by atoms with Crippen molar-refractivity contribution in [1.29, 1.82) is 0 Å². The highest BCUT2D eigenvalue weighted by molar-refractivity contribution is 5.90. The molecule has 0 saturated carbocycles. The van der Waals surface area contributed by atoms with Crippen LogP contribution in [0, 0.1) is 13.8 Å². The number of nitrogens with one attached hydrogen (secondary N) is 1. The number of aromatic nitrogens is 2. The SMILES string of the molecule is CCOC(=O)CC(C)c1ccc2nc(C)nc(N[C@H](C)c3cccc(C)c3)c2c1. The van der Waals surface area contributed by atoms with Gasteiger partial charge in [0, 0.05) is 11.4 Å². The van der Waals surface area contributed by atoms with Crippen LogP contribution in [0.4, 0.5) is 5.82 Å². The molecule has 0 aliphatic rings. The second-order valence-corrected chi connectivity index (χ2v) is 7.59. The standard InChI is InChI=1S/C24H29N3O2/c1-6-29-23(28)13-16(3)19-10-11-22-21(14-19)24(27-18(5)26-22)25-17(4)20-9-7-8-15(2)12-20/h7-12,14,16-17H,6,13H2,1-5H3,(H,25,26,27)/t16?,17-/m1/s1. The summed E-state index contributed by atoms with van der Waals surface area (Å²) in [4.78, 5) is 21.1. The van der Waals surface area contributed by atoms with E-state index < -0.39 is 0 Å². The smallest absolute Gasteiger partial charge is 0.306 e. The second kappa shape index (κ2) is 9.03. The first-order chi connectivity index (χ1) is 13.9. The molecule has 1 heterocycles. The number of hydrogen-bond donors (Lipinski definition) is 1. The van der Waals surface area contributed by atoms with Crippen LogP contribution >= 0.6 is 0 Å². The summed E-state index contributed by atoms with van der Waals surface area (Å²) in [6.07, 6.45) is 0.356. The Morgan fingerprint density at radius 2 is 1.86 bits per heavy atom. The van der Waals surface area contributed by atoms with E-state index in [0.29, 0.717) is 13.0 Å². The molecule has 3 aromatic rings. The summed E-state index contributed by atoms with van der Waals surface area (Å²) in [7, 11) is 0. The van der Waals surface area contributed by atoms with Crippen molar-refractivity contribution in [2.24, 2.45) is 0 Å². The van der Waals surface area contributed by atoms with Crippen molar-refractivity contribution in [3.8, 4) is 0 Å². The highest BCUT2D eigenvalue weighted by Crippen LogP contribution is 2.29. The van der Waals surface area contributed by atoms with Crippen LogP contribution in [0.3, 0.4) is 0 Å². The van der Waals surface area contributed by atoms with Crippen LogP contribution in [0.15, 0.2) is 42.5 Å². The quantitative estimate of drug-likeness (QED) is 0.541. The molecule has 0 radical (unpaired) electrons. The summed E-state index contributed by atoms with van der Waals surface area (Å²) in [5.74, 6) is 1.42. The lowest BCUT2D eigenvalue weighted by atomic mass is 9.96. The number of rotatable bonds is 7. The van der Waals surface area contributed by atoms with E-state index in [4.69, 9.17) is 4.74 Å². The van der Waals surface area contributed by atoms with Gasteiger partial charge in [-0.1, -0.05) is 42.8 Å². The molecule has 152 valence electrons. The molecule has 0 aliphatic heterocycles. The number of benzene rings is 2. The summed E-state index contributed by atoms with van der Waals surface area (Å²) in [6.45, 7) is 10.4. The van der Waals surface area contributed by atoms with Crippen molar-refractivity contribution >= 4 is 22.7 Å². The Kier molecular flexibility index (Phi) is 6.47. The molecule has 0 fully saturated rings. The molecule has 0 spiro atoms. The van der Waals surface area contributed by atoms with E-state index in [1.54, 1.807) is 0 Å². The molecule has 0 saturated heterocycles. The van der Waals surface area contributed by atoms with Gasteiger partial charge in [0.05, 0.1) is 18.5 Å². The van der Waals surface area contributed by atoms with Gasteiger partial charge in [-0.2, -0.15) is 0 Å². The van der Waals surface area contributed by atoms with Gasteiger partial charge >= 0.3 is 5.97 Å². The van der Waals surface area contributed by atoms with Crippen LogP contribution < -0.4 is 5.32 Å². The van der Waals surface area contributed by atoms with Gasteiger partial charge in [0.25, 0.3) is 0 Å². The normalized spacial score (nSPS) is 13.1. The van der Waals surface area contributed by atoms with E-state index in [1.807, 2.05) is 32.9 Å². The summed E-state index contributed by atoms with van der Waals surface area (Å²) >= 11 is 0. The van der Waals surface area contributed by atoms with Crippen LogP contribution in [0.25, 0.3) is 10.9 Å². The number of anilines is 1. The zero-order valence-corrected chi connectivity index (χ0v) is 17.8. The third-order valence-corrected chi connectivity index (χ3v) is 5.07. The second-order valence-electron chi connectivity index (χ2n) is 7.59. The predicted molar refractivity (Wildman–Crippen MR) is 117 cm³/mol. The molecule has 1 unspecified atom stereocenters. The molecule has 5 heteroatoms. The average Bonchev–Trinajstić information content (AvgIpc) is 2.67. The third-order valence-electron chi connectivity index (χ3n) is 5.07. The summed E-state index contributed by atoms with van der Waals surface area (Å²) in [6, 6.07) is 14.7. The first kappa shape index (κ1) is 20.8. The lowest BCUT2D eigenvalue weighted by molar-refractivity contribution is -0.143. The molecule has 3 rings (SSSR count). The molecular formula is C24H29N3O2. The Morgan fingerprint density at radius 3 is 2.59 bits per heavy atom. The van der Waals surface area contributed by atoms with Crippen molar-refractivity contribution in [3.05, 3.63) is 65.0 Å².